The Morgan fingerprint density at radius 2 is 2.12 bits per heavy atom. The molecule has 0 aromatic carbocycles. The first-order chi connectivity index (χ1) is 12.4. The van der Waals surface area contributed by atoms with Crippen molar-refractivity contribution in [1.29, 1.82) is 0 Å². The molecule has 8 heteroatoms. The van der Waals surface area contributed by atoms with E-state index < -0.39 is 12.0 Å². The molecule has 0 spiro atoms. The maximum Gasteiger partial charge on any atom is 0.330 e. The molecule has 0 N–H and O–H groups in total. The van der Waals surface area contributed by atoms with Crippen molar-refractivity contribution in [2.45, 2.75) is 32.2 Å². The molecule has 1 amide bonds. The van der Waals surface area contributed by atoms with Gasteiger partial charge in [0.05, 0.1) is 6.26 Å². The average molecular weight is 393 g/mol. The van der Waals surface area contributed by atoms with E-state index in [1.54, 1.807) is 18.2 Å². The van der Waals surface area contributed by atoms with Gasteiger partial charge in [0.15, 0.2) is 6.61 Å². The van der Waals surface area contributed by atoms with Crippen LogP contribution in [-0.4, -0.2) is 41.0 Å². The summed E-state index contributed by atoms with van der Waals surface area (Å²) < 4.78 is 10.6. The van der Waals surface area contributed by atoms with Gasteiger partial charge in [-0.1, -0.05) is 0 Å². The van der Waals surface area contributed by atoms with Crippen LogP contribution in [0.4, 0.5) is 0 Å². The highest BCUT2D eigenvalue weighted by molar-refractivity contribution is 7.99. The summed E-state index contributed by atoms with van der Waals surface area (Å²) >= 11 is 2.97. The molecule has 1 aliphatic rings. The number of rotatable bonds is 5. The molecular formula is C18H19NO5S2. The van der Waals surface area contributed by atoms with Crippen molar-refractivity contribution in [3.63, 3.8) is 0 Å². The van der Waals surface area contributed by atoms with E-state index in [1.165, 1.54) is 41.2 Å². The van der Waals surface area contributed by atoms with E-state index >= 15 is 0 Å². The topological polar surface area (TPSA) is 76.8 Å². The first-order valence-electron chi connectivity index (χ1n) is 8.09. The van der Waals surface area contributed by atoms with E-state index in [-0.39, 0.29) is 23.7 Å². The van der Waals surface area contributed by atoms with Gasteiger partial charge in [0.2, 0.25) is 11.7 Å². The fourth-order valence-electron chi connectivity index (χ4n) is 2.94. The summed E-state index contributed by atoms with van der Waals surface area (Å²) in [5.74, 6) is -0.0355. The van der Waals surface area contributed by atoms with E-state index in [4.69, 9.17) is 9.15 Å². The van der Waals surface area contributed by atoms with Crippen molar-refractivity contribution in [2.24, 2.45) is 0 Å². The van der Waals surface area contributed by atoms with Crippen LogP contribution in [0.3, 0.4) is 0 Å². The highest BCUT2D eigenvalue weighted by Gasteiger charge is 2.43. The Morgan fingerprint density at radius 3 is 2.69 bits per heavy atom. The zero-order chi connectivity index (χ0) is 18.8. The second-order valence-corrected chi connectivity index (χ2v) is 8.57. The molecule has 3 rings (SSSR count). The second-order valence-electron chi connectivity index (χ2n) is 6.00. The Bertz CT molecular complexity index is 827. The van der Waals surface area contributed by atoms with Crippen LogP contribution in [0.15, 0.2) is 28.9 Å². The number of ether oxygens (including phenoxy) is 1. The number of esters is 1. The molecule has 0 unspecified atom stereocenters. The van der Waals surface area contributed by atoms with Crippen LogP contribution in [-0.2, 0) is 14.3 Å². The largest absolute Gasteiger partial charge is 0.466 e. The smallest absolute Gasteiger partial charge is 0.330 e. The van der Waals surface area contributed by atoms with Crippen molar-refractivity contribution in [1.82, 2.24) is 4.90 Å². The number of amides is 1. The van der Waals surface area contributed by atoms with Crippen LogP contribution in [0.5, 0.6) is 0 Å². The quantitative estimate of drug-likeness (QED) is 0.573. The number of hydrogen-bond donors (Lipinski definition) is 0. The van der Waals surface area contributed by atoms with Crippen LogP contribution in [0.1, 0.15) is 38.2 Å². The molecule has 3 heterocycles. The minimum Gasteiger partial charge on any atom is -0.466 e. The number of aryl methyl sites for hydroxylation is 2. The molecule has 2 aromatic heterocycles. The first kappa shape index (κ1) is 18.7. The maximum atomic E-state index is 12.5. The summed E-state index contributed by atoms with van der Waals surface area (Å²) in [5, 5.41) is -0.363. The average Bonchev–Trinajstić information content (AvgIpc) is 3.30. The predicted octanol–water partition coefficient (Wildman–Crippen LogP) is 3.35. The second kappa shape index (κ2) is 7.67. The lowest BCUT2D eigenvalue weighted by atomic mass is 10.2. The number of carbonyl (C=O) groups is 3. The van der Waals surface area contributed by atoms with Crippen molar-refractivity contribution in [3.05, 3.63) is 45.5 Å². The Labute approximate surface area is 159 Å². The van der Waals surface area contributed by atoms with E-state index in [1.807, 2.05) is 13.8 Å². The molecule has 26 heavy (non-hydrogen) atoms. The van der Waals surface area contributed by atoms with E-state index in [2.05, 4.69) is 0 Å². The number of ketones is 1. The number of thiophene rings is 1. The molecule has 0 aliphatic carbocycles. The lowest BCUT2D eigenvalue weighted by molar-refractivity contribution is -0.152. The minimum atomic E-state index is -0.731. The number of thioether (sulfide) groups is 1. The summed E-state index contributed by atoms with van der Waals surface area (Å²) in [7, 11) is 0. The van der Waals surface area contributed by atoms with E-state index in [9.17, 15) is 14.4 Å². The highest BCUT2D eigenvalue weighted by Crippen LogP contribution is 2.41. The van der Waals surface area contributed by atoms with Crippen molar-refractivity contribution in [3.8, 4) is 0 Å². The Morgan fingerprint density at radius 1 is 1.35 bits per heavy atom. The molecule has 1 fully saturated rings. The normalized spacial score (nSPS) is 19.6. The fourth-order valence-corrected chi connectivity index (χ4v) is 5.30. The standard InChI is InChI=1S/C18H19NO5S2/c1-10-7-13(11(2)26-10)15(21)8-24-18(22)14-9-25-17(19(14)12(3)20)16-5-4-6-23-16/h4-7,14,17H,8-9H2,1-3H3/t14-,17+/m1/s1. The molecule has 2 aromatic rings. The van der Waals surface area contributed by atoms with Crippen molar-refractivity contribution < 1.29 is 23.5 Å². The number of nitrogens with zero attached hydrogens (tertiary/aromatic N) is 1. The Kier molecular flexibility index (Phi) is 5.52. The maximum absolute atomic E-state index is 12.5. The third-order valence-electron chi connectivity index (χ3n) is 4.11. The van der Waals surface area contributed by atoms with Crippen LogP contribution < -0.4 is 0 Å². The summed E-state index contributed by atoms with van der Waals surface area (Å²) in [6.45, 7) is 4.88. The number of Topliss-reactive ketones (excluding diaryl/α,β-unsaturated/α-hetero) is 1. The van der Waals surface area contributed by atoms with Crippen LogP contribution in [0.25, 0.3) is 0 Å². The molecule has 2 atom stereocenters. The third-order valence-corrected chi connectivity index (χ3v) is 6.36. The highest BCUT2D eigenvalue weighted by atomic mass is 32.2. The van der Waals surface area contributed by atoms with Gasteiger partial charge in [-0.05, 0) is 32.0 Å². The Balaban J connectivity index is 1.66. The number of carbonyl (C=O) groups excluding carboxylic acids is 3. The molecule has 0 radical (unpaired) electrons. The molecular weight excluding hydrogens is 374 g/mol. The third kappa shape index (κ3) is 3.71. The molecule has 6 nitrogen and oxygen atoms in total. The molecule has 1 aliphatic heterocycles. The van der Waals surface area contributed by atoms with Crippen LogP contribution in [0, 0.1) is 13.8 Å². The first-order valence-corrected chi connectivity index (χ1v) is 9.95. The predicted molar refractivity (Wildman–Crippen MR) is 99.3 cm³/mol. The van der Waals surface area contributed by atoms with Gasteiger partial charge in [0.1, 0.15) is 17.2 Å². The number of furan rings is 1. The Hall–Kier alpha value is -2.06. The van der Waals surface area contributed by atoms with E-state index in [0.717, 1.165) is 9.75 Å². The van der Waals surface area contributed by atoms with Gasteiger partial charge in [-0.3, -0.25) is 9.59 Å². The molecule has 0 bridgehead atoms. The van der Waals surface area contributed by atoms with Crippen LogP contribution in [0.2, 0.25) is 0 Å². The van der Waals surface area contributed by atoms with Crippen molar-refractivity contribution >= 4 is 40.8 Å². The van der Waals surface area contributed by atoms with Gasteiger partial charge < -0.3 is 14.1 Å². The fraction of sp³-hybridized carbons (Fsp3) is 0.389. The van der Waals surface area contributed by atoms with Gasteiger partial charge in [0.25, 0.3) is 0 Å². The monoisotopic (exact) mass is 393 g/mol. The molecule has 1 saturated heterocycles. The lowest BCUT2D eigenvalue weighted by Gasteiger charge is -2.25. The van der Waals surface area contributed by atoms with Gasteiger partial charge in [0, 0.05) is 28.0 Å². The van der Waals surface area contributed by atoms with Crippen LogP contribution >= 0.6 is 23.1 Å². The van der Waals surface area contributed by atoms with Gasteiger partial charge in [-0.25, -0.2) is 4.79 Å². The SMILES string of the molecule is CC(=O)N1[C@@H](C(=O)OCC(=O)c2cc(C)sc2C)CS[C@H]1c1ccco1. The summed E-state index contributed by atoms with van der Waals surface area (Å²) in [5.41, 5.74) is 0.581. The van der Waals surface area contributed by atoms with Crippen molar-refractivity contribution in [2.75, 3.05) is 12.4 Å². The summed E-state index contributed by atoms with van der Waals surface area (Å²) in [6.07, 6.45) is 1.53. The molecule has 138 valence electrons. The number of hydrogen-bond acceptors (Lipinski definition) is 7. The molecule has 0 saturated carbocycles. The van der Waals surface area contributed by atoms with Gasteiger partial charge in [-0.2, -0.15) is 0 Å². The van der Waals surface area contributed by atoms with E-state index in [0.29, 0.717) is 17.1 Å². The van der Waals surface area contributed by atoms with Gasteiger partial charge >= 0.3 is 5.97 Å². The summed E-state index contributed by atoms with van der Waals surface area (Å²) in [6, 6.07) is 4.58. The zero-order valence-corrected chi connectivity index (χ0v) is 16.3. The van der Waals surface area contributed by atoms with Gasteiger partial charge in [-0.15, -0.1) is 23.1 Å². The summed E-state index contributed by atoms with van der Waals surface area (Å²) in [4.78, 5) is 40.3. The minimum absolute atomic E-state index is 0.234. The zero-order valence-electron chi connectivity index (χ0n) is 14.7. The lowest BCUT2D eigenvalue weighted by Crippen LogP contribution is -2.43.